The molecule has 9 unspecified atom stereocenters. The first-order valence-electron chi connectivity index (χ1n) is 17.5. The SMILES string of the molecule is CCC(C)C(NC(=O)C(NC(=O)C(C)NC(=O)CC(C)O)C(C)C)C(=O)NCC(=O)NC(CCCCN)C(=O)NC(C(=O)NC(C)C(=O)O)C(C)O. The maximum Gasteiger partial charge on any atom is 0.325 e. The molecule has 298 valence electrons. The molecule has 0 bridgehead atoms. The summed E-state index contributed by atoms with van der Waals surface area (Å²) in [6.07, 6.45) is -1.13. The lowest BCUT2D eigenvalue weighted by Gasteiger charge is -2.29. The molecule has 0 aliphatic rings. The van der Waals surface area contributed by atoms with Gasteiger partial charge in [0.05, 0.1) is 25.2 Å². The van der Waals surface area contributed by atoms with Crippen molar-refractivity contribution in [3.05, 3.63) is 0 Å². The Bertz CT molecular complexity index is 1230. The van der Waals surface area contributed by atoms with E-state index >= 15 is 0 Å². The average molecular weight is 745 g/mol. The fourth-order valence-corrected chi connectivity index (χ4v) is 4.70. The number of nitrogens with one attached hydrogen (secondary N) is 7. The summed E-state index contributed by atoms with van der Waals surface area (Å²) in [5.74, 6) is -7.37. The summed E-state index contributed by atoms with van der Waals surface area (Å²) in [4.78, 5) is 101. The summed E-state index contributed by atoms with van der Waals surface area (Å²) in [7, 11) is 0. The van der Waals surface area contributed by atoms with Crippen LogP contribution in [0.3, 0.4) is 0 Å². The summed E-state index contributed by atoms with van der Waals surface area (Å²) in [6, 6.07) is -7.32. The Morgan fingerprint density at radius 1 is 0.615 bits per heavy atom. The molecule has 0 aliphatic heterocycles. The molecule has 0 aromatic carbocycles. The Hall–Kier alpha value is -4.36. The summed E-state index contributed by atoms with van der Waals surface area (Å²) in [6.45, 7) is 11.8. The average Bonchev–Trinajstić information content (AvgIpc) is 3.05. The van der Waals surface area contributed by atoms with Crippen molar-refractivity contribution < 1.29 is 53.7 Å². The number of nitrogens with two attached hydrogens (primary N) is 1. The maximum atomic E-state index is 13.4. The molecule has 7 amide bonds. The second kappa shape index (κ2) is 24.0. The Labute approximate surface area is 304 Å². The molecule has 0 aliphatic carbocycles. The molecular formula is C33H60N8O11. The van der Waals surface area contributed by atoms with Crippen LogP contribution in [0, 0.1) is 11.8 Å². The van der Waals surface area contributed by atoms with Crippen LogP contribution in [-0.4, -0.2) is 124 Å². The minimum atomic E-state index is -1.54. The third-order valence-corrected chi connectivity index (χ3v) is 8.11. The van der Waals surface area contributed by atoms with Gasteiger partial charge in [0.1, 0.15) is 36.3 Å². The van der Waals surface area contributed by atoms with Crippen molar-refractivity contribution in [2.45, 2.75) is 136 Å². The Kier molecular flexibility index (Phi) is 22.0. The van der Waals surface area contributed by atoms with Gasteiger partial charge in [-0.2, -0.15) is 0 Å². The number of rotatable bonds is 24. The van der Waals surface area contributed by atoms with Crippen LogP contribution in [0.4, 0.5) is 0 Å². The zero-order chi connectivity index (χ0) is 40.3. The lowest BCUT2D eigenvalue weighted by atomic mass is 9.96. The largest absolute Gasteiger partial charge is 0.480 e. The highest BCUT2D eigenvalue weighted by Gasteiger charge is 2.34. The topological polar surface area (TPSA) is 307 Å². The van der Waals surface area contributed by atoms with E-state index in [4.69, 9.17) is 10.8 Å². The molecule has 0 spiro atoms. The van der Waals surface area contributed by atoms with E-state index in [9.17, 15) is 48.6 Å². The molecule has 12 N–H and O–H groups in total. The number of carbonyl (C=O) groups excluding carboxylic acids is 7. The molecule has 0 radical (unpaired) electrons. The van der Waals surface area contributed by atoms with Crippen LogP contribution in [-0.2, 0) is 38.4 Å². The van der Waals surface area contributed by atoms with Crippen molar-refractivity contribution >= 4 is 47.3 Å². The fourth-order valence-electron chi connectivity index (χ4n) is 4.70. The van der Waals surface area contributed by atoms with Gasteiger partial charge in [-0.15, -0.1) is 0 Å². The second-order valence-corrected chi connectivity index (χ2v) is 13.4. The van der Waals surface area contributed by atoms with E-state index in [-0.39, 0.29) is 12.8 Å². The predicted octanol–water partition coefficient (Wildman–Crippen LogP) is -2.88. The van der Waals surface area contributed by atoms with E-state index in [1.807, 2.05) is 0 Å². The maximum absolute atomic E-state index is 13.4. The van der Waals surface area contributed by atoms with Gasteiger partial charge in [0.15, 0.2) is 0 Å². The minimum Gasteiger partial charge on any atom is -0.480 e. The van der Waals surface area contributed by atoms with Crippen LogP contribution in [0.15, 0.2) is 0 Å². The van der Waals surface area contributed by atoms with Crippen LogP contribution >= 0.6 is 0 Å². The zero-order valence-corrected chi connectivity index (χ0v) is 31.4. The number of aliphatic hydroxyl groups excluding tert-OH is 2. The second-order valence-electron chi connectivity index (χ2n) is 13.4. The number of carboxylic acids is 1. The lowest BCUT2D eigenvalue weighted by molar-refractivity contribution is -0.142. The van der Waals surface area contributed by atoms with Crippen LogP contribution in [0.5, 0.6) is 0 Å². The molecule has 19 nitrogen and oxygen atoms in total. The number of carbonyl (C=O) groups is 8. The molecule has 0 aromatic rings. The molecule has 0 rings (SSSR count). The Morgan fingerprint density at radius 2 is 1.17 bits per heavy atom. The van der Waals surface area contributed by atoms with E-state index in [0.717, 1.165) is 0 Å². The first-order chi connectivity index (χ1) is 24.2. The van der Waals surface area contributed by atoms with Gasteiger partial charge >= 0.3 is 5.97 Å². The van der Waals surface area contributed by atoms with E-state index in [1.165, 1.54) is 27.7 Å². The fraction of sp³-hybridized carbons (Fsp3) is 0.758. The molecule has 19 heteroatoms. The minimum absolute atomic E-state index is 0.0825. The normalized spacial score (nSPS) is 16.3. The number of aliphatic hydroxyl groups is 2. The molecular weight excluding hydrogens is 684 g/mol. The third-order valence-electron chi connectivity index (χ3n) is 8.11. The van der Waals surface area contributed by atoms with Crippen molar-refractivity contribution in [2.75, 3.05) is 13.1 Å². The molecule has 0 fully saturated rings. The highest BCUT2D eigenvalue weighted by molar-refractivity contribution is 5.96. The quantitative estimate of drug-likeness (QED) is 0.0444. The standard InChI is InChI=1S/C33H60N8O11/c1-9-17(4)26(40-31(49)25(16(2)3)39-28(46)19(6)36-23(44)14-18(5)42)30(48)35-15-24(45)38-22(12-10-11-13-34)29(47)41-27(21(8)43)32(50)37-20(7)33(51)52/h16-22,25-27,42-43H,9-15,34H2,1-8H3,(H,35,48)(H,36,44)(H,37,50)(H,38,45)(H,39,46)(H,40,49)(H,41,47)(H,51,52). The van der Waals surface area contributed by atoms with Crippen LogP contribution < -0.4 is 43.0 Å². The monoisotopic (exact) mass is 744 g/mol. The summed E-state index contributed by atoms with van der Waals surface area (Å²) in [5, 5.41) is 45.8. The van der Waals surface area contributed by atoms with Crippen molar-refractivity contribution in [2.24, 2.45) is 17.6 Å². The number of hydrogen-bond acceptors (Lipinski definition) is 11. The Balaban J connectivity index is 5.70. The summed E-state index contributed by atoms with van der Waals surface area (Å²) < 4.78 is 0. The molecule has 52 heavy (non-hydrogen) atoms. The number of amides is 7. The first-order valence-corrected chi connectivity index (χ1v) is 17.5. The smallest absolute Gasteiger partial charge is 0.325 e. The first kappa shape index (κ1) is 47.6. The number of carboxylic acid groups (broad SMARTS) is 1. The zero-order valence-electron chi connectivity index (χ0n) is 31.4. The van der Waals surface area contributed by atoms with Crippen molar-refractivity contribution in [1.82, 2.24) is 37.2 Å². The summed E-state index contributed by atoms with van der Waals surface area (Å²) in [5.41, 5.74) is 5.56. The van der Waals surface area contributed by atoms with E-state index < -0.39 is 114 Å². The van der Waals surface area contributed by atoms with Crippen LogP contribution in [0.25, 0.3) is 0 Å². The van der Waals surface area contributed by atoms with E-state index in [0.29, 0.717) is 25.8 Å². The third kappa shape index (κ3) is 17.7. The predicted molar refractivity (Wildman–Crippen MR) is 189 cm³/mol. The van der Waals surface area contributed by atoms with Gasteiger partial charge in [0.2, 0.25) is 41.4 Å². The van der Waals surface area contributed by atoms with Gasteiger partial charge in [-0.1, -0.05) is 34.1 Å². The number of aliphatic carboxylic acids is 1. The van der Waals surface area contributed by atoms with Crippen molar-refractivity contribution in [3.8, 4) is 0 Å². The van der Waals surface area contributed by atoms with Gasteiger partial charge in [0.25, 0.3) is 0 Å². The molecule has 0 heterocycles. The van der Waals surface area contributed by atoms with Crippen molar-refractivity contribution in [3.63, 3.8) is 0 Å². The van der Waals surface area contributed by atoms with Gasteiger partial charge in [0, 0.05) is 0 Å². The molecule has 0 saturated heterocycles. The van der Waals surface area contributed by atoms with Gasteiger partial charge in [-0.3, -0.25) is 38.4 Å². The van der Waals surface area contributed by atoms with E-state index in [2.05, 4.69) is 37.2 Å². The summed E-state index contributed by atoms with van der Waals surface area (Å²) >= 11 is 0. The van der Waals surface area contributed by atoms with Crippen molar-refractivity contribution in [1.29, 1.82) is 0 Å². The number of hydrogen-bond donors (Lipinski definition) is 11. The van der Waals surface area contributed by atoms with E-state index in [1.54, 1.807) is 27.7 Å². The molecule has 9 atom stereocenters. The highest BCUT2D eigenvalue weighted by atomic mass is 16.4. The van der Waals surface area contributed by atoms with Crippen LogP contribution in [0.2, 0.25) is 0 Å². The van der Waals surface area contributed by atoms with Gasteiger partial charge in [-0.05, 0) is 65.3 Å². The van der Waals surface area contributed by atoms with Gasteiger partial charge < -0.3 is 58.3 Å². The lowest BCUT2D eigenvalue weighted by Crippen LogP contribution is -2.60. The van der Waals surface area contributed by atoms with Crippen LogP contribution in [0.1, 0.15) is 87.5 Å². The van der Waals surface area contributed by atoms with Gasteiger partial charge in [-0.25, -0.2) is 0 Å². The highest BCUT2D eigenvalue weighted by Crippen LogP contribution is 2.11. The molecule has 0 aromatic heterocycles. The Morgan fingerprint density at radius 3 is 1.67 bits per heavy atom. The number of unbranched alkanes of at least 4 members (excludes halogenated alkanes) is 1. The molecule has 0 saturated carbocycles.